The topological polar surface area (TPSA) is 88.0 Å². The van der Waals surface area contributed by atoms with Crippen molar-refractivity contribution in [2.45, 2.75) is 23.8 Å². The molecule has 3 N–H and O–H groups in total. The molecule has 0 radical (unpaired) electrons. The van der Waals surface area contributed by atoms with Crippen molar-refractivity contribution in [3.05, 3.63) is 54.1 Å². The molecule has 2 aromatic carbocycles. The van der Waals surface area contributed by atoms with Gasteiger partial charge in [-0.15, -0.1) is 11.8 Å². The first-order chi connectivity index (χ1) is 13.2. The Morgan fingerprint density at radius 1 is 1.15 bits per heavy atom. The molecule has 0 heterocycles. The van der Waals surface area contributed by atoms with Gasteiger partial charge in [-0.2, -0.15) is 0 Å². The summed E-state index contributed by atoms with van der Waals surface area (Å²) in [5.41, 5.74) is 1.42. The highest BCUT2D eigenvalue weighted by molar-refractivity contribution is 7.98. The van der Waals surface area contributed by atoms with Crippen LogP contribution in [-0.4, -0.2) is 42.4 Å². The predicted molar refractivity (Wildman–Crippen MR) is 106 cm³/mol. The monoisotopic (exact) mass is 391 g/mol. The lowest BCUT2D eigenvalue weighted by atomic mass is 10.0. The fraction of sp³-hybridized carbons (Fsp3) is 0.350. The molecule has 0 unspecified atom stereocenters. The lowest BCUT2D eigenvalue weighted by molar-refractivity contribution is 0.0992. The summed E-state index contributed by atoms with van der Waals surface area (Å²) in [7, 11) is 0. The second-order valence-electron chi connectivity index (χ2n) is 5.76. The van der Waals surface area contributed by atoms with Crippen LogP contribution < -0.4 is 10.1 Å². The number of benzene rings is 2. The Labute approximate surface area is 163 Å². The summed E-state index contributed by atoms with van der Waals surface area (Å²) in [6, 6.07) is 14.7. The van der Waals surface area contributed by atoms with Crippen LogP contribution in [0.4, 0.5) is 10.5 Å². The summed E-state index contributed by atoms with van der Waals surface area (Å²) < 4.78 is 11.0. The standard InChI is InChI=1S/C20H25NO5S/c1-27-18-9-7-16(8-10-18)21-20(24)26-19(6-3-11-22)15-4-2-5-17(14-15)25-13-12-23/h2,4-5,7-10,14,19,22-23H,3,6,11-13H2,1H3,(H,21,24)/t19-/m1/s1. The SMILES string of the molecule is CSc1ccc(NC(=O)O[C@H](CCCO)c2cccc(OCCO)c2)cc1. The molecule has 0 bridgehead atoms. The molecule has 6 nitrogen and oxygen atoms in total. The van der Waals surface area contributed by atoms with Gasteiger partial charge in [-0.05, 0) is 61.1 Å². The lowest BCUT2D eigenvalue weighted by Crippen LogP contribution is -2.18. The van der Waals surface area contributed by atoms with Gasteiger partial charge >= 0.3 is 6.09 Å². The minimum Gasteiger partial charge on any atom is -0.491 e. The maximum Gasteiger partial charge on any atom is 0.412 e. The number of carbonyl (C=O) groups is 1. The van der Waals surface area contributed by atoms with E-state index in [0.29, 0.717) is 24.3 Å². The zero-order valence-corrected chi connectivity index (χ0v) is 16.1. The highest BCUT2D eigenvalue weighted by Gasteiger charge is 2.17. The van der Waals surface area contributed by atoms with Gasteiger partial charge in [-0.3, -0.25) is 5.32 Å². The molecule has 2 rings (SSSR count). The van der Waals surface area contributed by atoms with Gasteiger partial charge in [0.15, 0.2) is 0 Å². The van der Waals surface area contributed by atoms with Crippen LogP contribution in [0.15, 0.2) is 53.4 Å². The van der Waals surface area contributed by atoms with Crippen molar-refractivity contribution in [3.63, 3.8) is 0 Å². The quantitative estimate of drug-likeness (QED) is 0.533. The van der Waals surface area contributed by atoms with Crippen LogP contribution in [0.5, 0.6) is 5.75 Å². The number of aliphatic hydroxyl groups is 2. The first-order valence-electron chi connectivity index (χ1n) is 8.72. The van der Waals surface area contributed by atoms with Crippen LogP contribution in [0.2, 0.25) is 0 Å². The average Bonchev–Trinajstić information content (AvgIpc) is 2.70. The lowest BCUT2D eigenvalue weighted by Gasteiger charge is -2.19. The summed E-state index contributed by atoms with van der Waals surface area (Å²) in [4.78, 5) is 13.4. The van der Waals surface area contributed by atoms with Gasteiger partial charge in [0.2, 0.25) is 0 Å². The van der Waals surface area contributed by atoms with E-state index in [9.17, 15) is 4.79 Å². The molecule has 0 aliphatic carbocycles. The van der Waals surface area contributed by atoms with Crippen LogP contribution in [-0.2, 0) is 4.74 Å². The minimum absolute atomic E-state index is 0.0122. The van der Waals surface area contributed by atoms with E-state index in [2.05, 4.69) is 5.32 Å². The molecule has 146 valence electrons. The molecule has 27 heavy (non-hydrogen) atoms. The van der Waals surface area contributed by atoms with E-state index in [1.54, 1.807) is 30.0 Å². The third-order valence-corrected chi connectivity index (χ3v) is 4.54. The molecule has 2 aromatic rings. The number of hydrogen-bond donors (Lipinski definition) is 3. The molecule has 0 fully saturated rings. The Balaban J connectivity index is 2.05. The third kappa shape index (κ3) is 7.13. The predicted octanol–water partition coefficient (Wildman–Crippen LogP) is 3.84. The molecular formula is C20H25NO5S. The van der Waals surface area contributed by atoms with Crippen molar-refractivity contribution < 1.29 is 24.5 Å². The second kappa shape index (κ2) is 11.5. The van der Waals surface area contributed by atoms with Crippen molar-refractivity contribution in [2.75, 3.05) is 31.4 Å². The van der Waals surface area contributed by atoms with Crippen molar-refractivity contribution in [1.82, 2.24) is 0 Å². The number of nitrogens with one attached hydrogen (secondary N) is 1. The average molecular weight is 391 g/mol. The van der Waals surface area contributed by atoms with Crippen LogP contribution >= 0.6 is 11.8 Å². The first-order valence-corrected chi connectivity index (χ1v) is 9.95. The number of ether oxygens (including phenoxy) is 2. The summed E-state index contributed by atoms with van der Waals surface area (Å²) in [6.07, 6.45) is 1.90. The summed E-state index contributed by atoms with van der Waals surface area (Å²) in [5.74, 6) is 0.590. The second-order valence-corrected chi connectivity index (χ2v) is 6.64. The Bertz CT molecular complexity index is 708. The van der Waals surface area contributed by atoms with Gasteiger partial charge < -0.3 is 19.7 Å². The van der Waals surface area contributed by atoms with Gasteiger partial charge in [0.1, 0.15) is 18.5 Å². The summed E-state index contributed by atoms with van der Waals surface area (Å²) >= 11 is 1.63. The van der Waals surface area contributed by atoms with Gasteiger partial charge in [0.05, 0.1) is 6.61 Å². The normalized spacial score (nSPS) is 11.7. The molecule has 7 heteroatoms. The molecule has 0 aliphatic heterocycles. The van der Waals surface area contributed by atoms with Crippen molar-refractivity contribution >= 4 is 23.5 Å². The van der Waals surface area contributed by atoms with Gasteiger partial charge in [0, 0.05) is 17.2 Å². The zero-order chi connectivity index (χ0) is 19.5. The Morgan fingerprint density at radius 3 is 2.59 bits per heavy atom. The Hall–Kier alpha value is -2.22. The molecule has 0 aromatic heterocycles. The van der Waals surface area contributed by atoms with E-state index in [0.717, 1.165) is 10.5 Å². The van der Waals surface area contributed by atoms with E-state index >= 15 is 0 Å². The van der Waals surface area contributed by atoms with Crippen LogP contribution in [0.25, 0.3) is 0 Å². The maximum absolute atomic E-state index is 12.3. The molecular weight excluding hydrogens is 366 g/mol. The van der Waals surface area contributed by atoms with Crippen molar-refractivity contribution in [1.29, 1.82) is 0 Å². The van der Waals surface area contributed by atoms with Crippen molar-refractivity contribution in [2.24, 2.45) is 0 Å². The molecule has 0 saturated carbocycles. The number of anilines is 1. The number of aliphatic hydroxyl groups excluding tert-OH is 2. The number of carbonyl (C=O) groups excluding carboxylic acids is 1. The van der Waals surface area contributed by atoms with E-state index < -0.39 is 12.2 Å². The van der Waals surface area contributed by atoms with Crippen LogP contribution in [0.1, 0.15) is 24.5 Å². The van der Waals surface area contributed by atoms with Gasteiger partial charge in [0.25, 0.3) is 0 Å². The van der Waals surface area contributed by atoms with E-state index in [4.69, 9.17) is 19.7 Å². The highest BCUT2D eigenvalue weighted by Crippen LogP contribution is 2.27. The first kappa shape index (κ1) is 21.1. The highest BCUT2D eigenvalue weighted by atomic mass is 32.2. The molecule has 1 atom stereocenters. The van der Waals surface area contributed by atoms with Gasteiger partial charge in [-0.25, -0.2) is 4.79 Å². The van der Waals surface area contributed by atoms with Gasteiger partial charge in [-0.1, -0.05) is 12.1 Å². The van der Waals surface area contributed by atoms with E-state index in [1.807, 2.05) is 36.6 Å². The molecule has 0 aliphatic rings. The van der Waals surface area contributed by atoms with Crippen molar-refractivity contribution in [3.8, 4) is 5.75 Å². The summed E-state index contributed by atoms with van der Waals surface area (Å²) in [6.45, 7) is 0.128. The molecule has 1 amide bonds. The minimum atomic E-state index is -0.559. The molecule has 0 saturated heterocycles. The molecule has 0 spiro atoms. The Kier molecular flexibility index (Phi) is 8.97. The number of thioether (sulfide) groups is 1. The van der Waals surface area contributed by atoms with Crippen LogP contribution in [0, 0.1) is 0 Å². The third-order valence-electron chi connectivity index (χ3n) is 3.80. The van der Waals surface area contributed by atoms with E-state index in [1.165, 1.54) is 0 Å². The fourth-order valence-electron chi connectivity index (χ4n) is 2.49. The smallest absolute Gasteiger partial charge is 0.412 e. The zero-order valence-electron chi connectivity index (χ0n) is 15.3. The number of amides is 1. The largest absolute Gasteiger partial charge is 0.491 e. The number of rotatable bonds is 10. The summed E-state index contributed by atoms with van der Waals surface area (Å²) in [5, 5.41) is 20.7. The van der Waals surface area contributed by atoms with E-state index in [-0.39, 0.29) is 19.8 Å². The maximum atomic E-state index is 12.3. The van der Waals surface area contributed by atoms with Crippen LogP contribution in [0.3, 0.4) is 0 Å². The Morgan fingerprint density at radius 2 is 1.93 bits per heavy atom. The number of hydrogen-bond acceptors (Lipinski definition) is 6. The fourth-order valence-corrected chi connectivity index (χ4v) is 2.90.